The largest absolute Gasteiger partial charge is 0.393 e. The second-order valence-corrected chi connectivity index (χ2v) is 18.1. The van der Waals surface area contributed by atoms with Crippen molar-refractivity contribution in [2.24, 2.45) is 0 Å². The van der Waals surface area contributed by atoms with E-state index in [1.54, 1.807) is 42.1 Å². The zero-order chi connectivity index (χ0) is 41.3. The lowest BCUT2D eigenvalue weighted by molar-refractivity contribution is -0.108. The molecule has 5 rings (SSSR count). The standard InChI is InChI=1S/C45H56ClN5O5S2/c1-51(2)27-24-39(32-57-41-11-4-3-5-12-41)49-44-23-22-42(30-36(44)29-40(53)10-8-28-52)58(55,56)50-45(54)34-16-20-38(21-17-34)48-26-25-47-31-35-9-6-7-13-43(35)33-14-18-37(46)19-15-33/h3-5,11-12,14-23,28,30,39-40,47-49,53H,6-10,13,24-27,29,31-32H2,1-2H3,(H,50,54)/t39-,40?/m1/s1. The number of sulfonamides is 1. The minimum atomic E-state index is -4.27. The molecular formula is C45H56ClN5O5S2. The molecule has 0 saturated heterocycles. The van der Waals surface area contributed by atoms with Gasteiger partial charge in [-0.15, -0.1) is 11.8 Å². The second kappa shape index (κ2) is 22.8. The van der Waals surface area contributed by atoms with Crippen LogP contribution in [0.1, 0.15) is 66.4 Å². The quantitative estimate of drug-likeness (QED) is 0.0285. The Morgan fingerprint density at radius 2 is 1.67 bits per heavy atom. The van der Waals surface area contributed by atoms with Crippen molar-refractivity contribution < 1.29 is 23.1 Å². The summed E-state index contributed by atoms with van der Waals surface area (Å²) in [7, 11) is -0.232. The Morgan fingerprint density at radius 3 is 2.40 bits per heavy atom. The van der Waals surface area contributed by atoms with Gasteiger partial charge in [0.05, 0.1) is 11.0 Å². The summed E-state index contributed by atoms with van der Waals surface area (Å²) in [6.45, 7) is 3.07. The molecule has 4 aromatic carbocycles. The highest BCUT2D eigenvalue weighted by atomic mass is 35.5. The van der Waals surface area contributed by atoms with E-state index < -0.39 is 22.0 Å². The first kappa shape index (κ1) is 44.9. The molecular weight excluding hydrogens is 790 g/mol. The van der Waals surface area contributed by atoms with E-state index in [2.05, 4.69) is 49.8 Å². The van der Waals surface area contributed by atoms with E-state index in [9.17, 15) is 23.1 Å². The van der Waals surface area contributed by atoms with Crippen molar-refractivity contribution >= 4 is 62.5 Å². The van der Waals surface area contributed by atoms with E-state index in [1.165, 1.54) is 41.7 Å². The molecule has 310 valence electrons. The van der Waals surface area contributed by atoms with Crippen molar-refractivity contribution in [3.63, 3.8) is 0 Å². The Morgan fingerprint density at radius 1 is 0.931 bits per heavy atom. The van der Waals surface area contributed by atoms with Crippen LogP contribution in [0.4, 0.5) is 11.4 Å². The maximum absolute atomic E-state index is 13.6. The fraction of sp³-hybridized carbons (Fsp3) is 0.378. The molecule has 1 aliphatic carbocycles. The first-order chi connectivity index (χ1) is 28.0. The van der Waals surface area contributed by atoms with E-state index in [-0.39, 0.29) is 35.8 Å². The highest BCUT2D eigenvalue weighted by Gasteiger charge is 2.23. The van der Waals surface area contributed by atoms with E-state index in [0.717, 1.165) is 66.5 Å². The summed E-state index contributed by atoms with van der Waals surface area (Å²) in [6, 6.07) is 29.6. The highest BCUT2D eigenvalue weighted by Crippen LogP contribution is 2.33. The molecule has 0 aromatic heterocycles. The zero-order valence-corrected chi connectivity index (χ0v) is 35.8. The Labute approximate surface area is 353 Å². The second-order valence-electron chi connectivity index (χ2n) is 14.9. The maximum Gasteiger partial charge on any atom is 0.264 e. The predicted octanol–water partition coefficient (Wildman–Crippen LogP) is 7.90. The van der Waals surface area contributed by atoms with Gasteiger partial charge in [0.2, 0.25) is 0 Å². The van der Waals surface area contributed by atoms with E-state index in [4.69, 9.17) is 11.6 Å². The SMILES string of the molecule is CN(C)CC[C@H](CSc1ccccc1)Nc1ccc(S(=O)(=O)NC(=O)c2ccc(NCCNCC3=C(c4ccc(Cl)cc4)CCCC3)cc2)cc1CC(O)CCC=O. The summed E-state index contributed by atoms with van der Waals surface area (Å²) in [5.41, 5.74) is 6.37. The van der Waals surface area contributed by atoms with Crippen molar-refractivity contribution in [3.8, 4) is 0 Å². The number of allylic oxidation sites excluding steroid dienone is 1. The minimum Gasteiger partial charge on any atom is -0.393 e. The Bertz CT molecular complexity index is 2060. The van der Waals surface area contributed by atoms with Crippen molar-refractivity contribution in [1.82, 2.24) is 14.9 Å². The molecule has 0 saturated carbocycles. The summed E-state index contributed by atoms with van der Waals surface area (Å²) in [4.78, 5) is 27.4. The zero-order valence-electron chi connectivity index (χ0n) is 33.4. The van der Waals surface area contributed by atoms with Crippen LogP contribution < -0.4 is 20.7 Å². The van der Waals surface area contributed by atoms with Crippen molar-refractivity contribution in [2.75, 3.05) is 56.7 Å². The van der Waals surface area contributed by atoms with Gasteiger partial charge in [0, 0.05) is 71.1 Å². The summed E-state index contributed by atoms with van der Waals surface area (Å²) in [5, 5.41) is 22.1. The van der Waals surface area contributed by atoms with E-state index >= 15 is 0 Å². The summed E-state index contributed by atoms with van der Waals surface area (Å²) >= 11 is 7.84. The van der Waals surface area contributed by atoms with Crippen LogP contribution in [0.25, 0.3) is 5.57 Å². The van der Waals surface area contributed by atoms with Gasteiger partial charge in [0.1, 0.15) is 6.29 Å². The van der Waals surface area contributed by atoms with Crippen LogP contribution in [0.3, 0.4) is 0 Å². The number of anilines is 2. The topological polar surface area (TPSA) is 140 Å². The molecule has 5 N–H and O–H groups in total. The molecule has 4 aromatic rings. The van der Waals surface area contributed by atoms with Crippen LogP contribution in [0.5, 0.6) is 0 Å². The molecule has 1 aliphatic rings. The van der Waals surface area contributed by atoms with Crippen LogP contribution in [-0.2, 0) is 21.2 Å². The fourth-order valence-electron chi connectivity index (χ4n) is 6.88. The molecule has 0 spiro atoms. The number of rotatable bonds is 23. The monoisotopic (exact) mass is 845 g/mol. The fourth-order valence-corrected chi connectivity index (χ4v) is 9.03. The lowest BCUT2D eigenvalue weighted by Gasteiger charge is -2.24. The number of benzene rings is 4. The highest BCUT2D eigenvalue weighted by molar-refractivity contribution is 7.99. The van der Waals surface area contributed by atoms with Gasteiger partial charge in [-0.05, 0) is 143 Å². The van der Waals surface area contributed by atoms with Crippen LogP contribution >= 0.6 is 23.4 Å². The molecule has 10 nitrogen and oxygen atoms in total. The van der Waals surface area contributed by atoms with Crippen LogP contribution in [0, 0.1) is 0 Å². The van der Waals surface area contributed by atoms with Gasteiger partial charge in [0.15, 0.2) is 0 Å². The third-order valence-electron chi connectivity index (χ3n) is 10.1. The number of carbonyl (C=O) groups excluding carboxylic acids is 2. The summed E-state index contributed by atoms with van der Waals surface area (Å²) < 4.78 is 29.4. The Hall–Kier alpha value is -4.17. The van der Waals surface area contributed by atoms with Gasteiger partial charge in [-0.3, -0.25) is 4.79 Å². The predicted molar refractivity (Wildman–Crippen MR) is 238 cm³/mol. The van der Waals surface area contributed by atoms with Gasteiger partial charge in [-0.25, -0.2) is 13.1 Å². The molecule has 0 aliphatic heterocycles. The number of aliphatic hydroxyl groups is 1. The Balaban J connectivity index is 1.19. The van der Waals surface area contributed by atoms with Gasteiger partial charge in [-0.1, -0.05) is 47.5 Å². The number of thioether (sulfide) groups is 1. The molecule has 13 heteroatoms. The van der Waals surface area contributed by atoms with Crippen LogP contribution in [0.2, 0.25) is 5.02 Å². The van der Waals surface area contributed by atoms with E-state index in [1.807, 2.05) is 44.4 Å². The average Bonchev–Trinajstić information content (AvgIpc) is 3.22. The van der Waals surface area contributed by atoms with Gasteiger partial charge < -0.3 is 30.8 Å². The van der Waals surface area contributed by atoms with Crippen molar-refractivity contribution in [1.29, 1.82) is 0 Å². The third-order valence-corrected chi connectivity index (χ3v) is 12.8. The minimum absolute atomic E-state index is 0.0301. The molecule has 1 unspecified atom stereocenters. The van der Waals surface area contributed by atoms with Gasteiger partial charge in [-0.2, -0.15) is 0 Å². The normalized spacial score (nSPS) is 14.2. The smallest absolute Gasteiger partial charge is 0.264 e. The van der Waals surface area contributed by atoms with E-state index in [0.29, 0.717) is 17.8 Å². The lowest BCUT2D eigenvalue weighted by atomic mass is 9.87. The number of hydrogen-bond donors (Lipinski definition) is 5. The number of aldehydes is 1. The third kappa shape index (κ3) is 14.3. The lowest BCUT2D eigenvalue weighted by Crippen LogP contribution is -2.31. The number of hydrogen-bond acceptors (Lipinski definition) is 10. The molecule has 0 fully saturated rings. The van der Waals surface area contributed by atoms with Crippen LogP contribution in [-0.4, -0.2) is 88.8 Å². The number of nitrogens with zero attached hydrogens (tertiary/aromatic N) is 1. The molecule has 58 heavy (non-hydrogen) atoms. The Kier molecular flexibility index (Phi) is 17.7. The maximum atomic E-state index is 13.6. The molecule has 0 heterocycles. The first-order valence-electron chi connectivity index (χ1n) is 19.9. The summed E-state index contributed by atoms with van der Waals surface area (Å²) in [5.74, 6) is 0.0130. The number of carbonyl (C=O) groups is 2. The number of aliphatic hydroxyl groups excluding tert-OH is 1. The molecule has 1 amide bonds. The summed E-state index contributed by atoms with van der Waals surface area (Å²) in [6.07, 6.45) is 5.83. The van der Waals surface area contributed by atoms with Crippen molar-refractivity contribution in [3.05, 3.63) is 124 Å². The van der Waals surface area contributed by atoms with Crippen LogP contribution in [0.15, 0.2) is 112 Å². The first-order valence-corrected chi connectivity index (χ1v) is 22.8. The van der Waals surface area contributed by atoms with Crippen molar-refractivity contribution in [2.45, 2.75) is 73.3 Å². The number of nitrogens with one attached hydrogen (secondary N) is 4. The number of amides is 1. The number of halogens is 1. The molecule has 2 atom stereocenters. The van der Waals surface area contributed by atoms with Gasteiger partial charge in [0.25, 0.3) is 15.9 Å². The molecule has 0 radical (unpaired) electrons. The van der Waals surface area contributed by atoms with Gasteiger partial charge >= 0.3 is 0 Å². The molecule has 0 bridgehead atoms. The average molecular weight is 847 g/mol.